The number of nitrogens with zero attached hydrogens (tertiary/aromatic N) is 3. The van der Waals surface area contributed by atoms with Crippen LogP contribution in [-0.2, 0) is 21.5 Å². The van der Waals surface area contributed by atoms with Crippen LogP contribution in [-0.4, -0.2) is 28.1 Å². The summed E-state index contributed by atoms with van der Waals surface area (Å²) < 4.78 is 0. The Balaban J connectivity index is 1.84. The lowest BCUT2D eigenvalue weighted by atomic mass is 9.57. The third-order valence-electron chi connectivity index (χ3n) is 6.06. The summed E-state index contributed by atoms with van der Waals surface area (Å²) in [5.74, 6) is -0.736. The predicted octanol–water partition coefficient (Wildman–Crippen LogP) is 3.04. The molecule has 2 aromatic rings. The smallest absolute Gasteiger partial charge is 0.237 e. The molecule has 0 radical (unpaired) electrons. The number of pyridine rings is 1. The number of amides is 1. The lowest BCUT2D eigenvalue weighted by Gasteiger charge is -2.49. The number of fused-ring (bicyclic) bond motifs is 1. The molecule has 1 fully saturated rings. The van der Waals surface area contributed by atoms with Gasteiger partial charge in [0.25, 0.3) is 0 Å². The maximum Gasteiger partial charge on any atom is 0.237 e. The number of benzene rings is 1. The van der Waals surface area contributed by atoms with Crippen molar-refractivity contribution in [2.24, 2.45) is 11.8 Å². The molecule has 0 saturated carbocycles. The fourth-order valence-corrected chi connectivity index (χ4v) is 4.67. The summed E-state index contributed by atoms with van der Waals surface area (Å²) in [6.45, 7) is 2.89. The third kappa shape index (κ3) is 2.73. The minimum atomic E-state index is -0.986. The molecule has 1 aliphatic heterocycles. The average Bonchev–Trinajstić information content (AvgIpc) is 2.74. The third-order valence-corrected chi connectivity index (χ3v) is 6.06. The van der Waals surface area contributed by atoms with Crippen LogP contribution in [0.4, 0.5) is 0 Å². The molecular formula is C23H21N3O2. The van der Waals surface area contributed by atoms with Crippen molar-refractivity contribution in [3.63, 3.8) is 0 Å². The first-order valence-corrected chi connectivity index (χ1v) is 9.49. The van der Waals surface area contributed by atoms with Gasteiger partial charge in [0.2, 0.25) is 5.91 Å². The highest BCUT2D eigenvalue weighted by Gasteiger charge is 2.56. The number of ketones is 1. The Labute approximate surface area is 164 Å². The number of nitriles is 1. The zero-order valence-corrected chi connectivity index (χ0v) is 15.7. The second kappa shape index (κ2) is 7.05. The molecule has 1 aromatic heterocycles. The minimum Gasteiger partial charge on any atom is -0.337 e. The van der Waals surface area contributed by atoms with Crippen LogP contribution < -0.4 is 0 Å². The van der Waals surface area contributed by atoms with E-state index in [4.69, 9.17) is 0 Å². The fraction of sp³-hybridized carbons (Fsp3) is 0.304. The molecule has 2 aliphatic rings. The first-order chi connectivity index (χ1) is 13.6. The lowest BCUT2D eigenvalue weighted by molar-refractivity contribution is -0.145. The summed E-state index contributed by atoms with van der Waals surface area (Å²) in [5, 5.41) is 9.55. The molecule has 3 atom stereocenters. The standard InChI is InChI=1S/C23H21N3O2/c1-16-20-9-11-26(15-17-6-5-10-25-14-17)22(28)23(20,12-18(13-24)21(16)27)19-7-3-2-4-8-19/h2-8,10,12,14,16,20H,9,11,15H2,1H3/t16-,20-,23+/m1/s1. The largest absolute Gasteiger partial charge is 0.337 e. The van der Waals surface area contributed by atoms with Crippen molar-refractivity contribution in [3.05, 3.63) is 77.6 Å². The molecule has 0 bridgehead atoms. The van der Waals surface area contributed by atoms with Crippen molar-refractivity contribution in [3.8, 4) is 6.07 Å². The molecule has 28 heavy (non-hydrogen) atoms. The Morgan fingerprint density at radius 2 is 2.00 bits per heavy atom. The van der Waals surface area contributed by atoms with Crippen molar-refractivity contribution in [1.82, 2.24) is 9.88 Å². The number of hydrogen-bond acceptors (Lipinski definition) is 4. The Morgan fingerprint density at radius 3 is 2.68 bits per heavy atom. The topological polar surface area (TPSA) is 74.1 Å². The number of aromatic nitrogens is 1. The van der Waals surface area contributed by atoms with Crippen LogP contribution in [0.25, 0.3) is 0 Å². The molecule has 0 unspecified atom stereocenters. The molecule has 140 valence electrons. The molecule has 2 heterocycles. The van der Waals surface area contributed by atoms with E-state index in [2.05, 4.69) is 4.98 Å². The van der Waals surface area contributed by atoms with Gasteiger partial charge in [0.15, 0.2) is 5.78 Å². The predicted molar refractivity (Wildman–Crippen MR) is 104 cm³/mol. The average molecular weight is 371 g/mol. The molecule has 4 rings (SSSR count). The van der Waals surface area contributed by atoms with Crippen LogP contribution in [0.3, 0.4) is 0 Å². The van der Waals surface area contributed by atoms with Gasteiger partial charge in [-0.2, -0.15) is 5.26 Å². The summed E-state index contributed by atoms with van der Waals surface area (Å²) in [4.78, 5) is 32.5. The van der Waals surface area contributed by atoms with E-state index in [-0.39, 0.29) is 29.1 Å². The van der Waals surface area contributed by atoms with E-state index in [9.17, 15) is 14.9 Å². The van der Waals surface area contributed by atoms with Crippen LogP contribution in [0.2, 0.25) is 0 Å². The first kappa shape index (κ1) is 18.1. The molecule has 1 aliphatic carbocycles. The number of carbonyl (C=O) groups excluding carboxylic acids is 2. The van der Waals surface area contributed by atoms with E-state index >= 15 is 0 Å². The number of likely N-dealkylation sites (tertiary alicyclic amines) is 1. The normalized spacial score (nSPS) is 27.0. The highest BCUT2D eigenvalue weighted by Crippen LogP contribution is 2.49. The second-order valence-electron chi connectivity index (χ2n) is 7.54. The number of allylic oxidation sites excluding steroid dienone is 1. The Hall–Kier alpha value is -3.26. The lowest BCUT2D eigenvalue weighted by Crippen LogP contribution is -2.59. The summed E-state index contributed by atoms with van der Waals surface area (Å²) in [7, 11) is 0. The van der Waals surface area contributed by atoms with Crippen LogP contribution in [0, 0.1) is 23.2 Å². The molecular weight excluding hydrogens is 350 g/mol. The van der Waals surface area contributed by atoms with E-state index in [1.54, 1.807) is 18.5 Å². The van der Waals surface area contributed by atoms with E-state index in [1.807, 2.05) is 60.4 Å². The minimum absolute atomic E-state index is 0.0501. The van der Waals surface area contributed by atoms with Crippen LogP contribution in [0.15, 0.2) is 66.5 Å². The summed E-state index contributed by atoms with van der Waals surface area (Å²) in [5.41, 5.74) is 0.902. The van der Waals surface area contributed by atoms with Gasteiger partial charge in [-0.1, -0.05) is 43.3 Å². The van der Waals surface area contributed by atoms with Crippen LogP contribution in [0.1, 0.15) is 24.5 Å². The number of hydrogen-bond donors (Lipinski definition) is 0. The highest BCUT2D eigenvalue weighted by molar-refractivity contribution is 6.06. The Bertz CT molecular complexity index is 978. The van der Waals surface area contributed by atoms with Gasteiger partial charge < -0.3 is 4.90 Å². The molecule has 1 saturated heterocycles. The zero-order valence-electron chi connectivity index (χ0n) is 15.7. The van der Waals surface area contributed by atoms with Gasteiger partial charge in [-0.05, 0) is 35.6 Å². The van der Waals surface area contributed by atoms with Gasteiger partial charge in [0, 0.05) is 31.4 Å². The first-order valence-electron chi connectivity index (χ1n) is 9.49. The van der Waals surface area contributed by atoms with E-state index in [1.165, 1.54) is 0 Å². The van der Waals surface area contributed by atoms with Crippen molar-refractivity contribution in [1.29, 1.82) is 5.26 Å². The van der Waals surface area contributed by atoms with Crippen molar-refractivity contribution >= 4 is 11.7 Å². The van der Waals surface area contributed by atoms with Crippen molar-refractivity contribution < 1.29 is 9.59 Å². The maximum absolute atomic E-state index is 13.8. The fourth-order valence-electron chi connectivity index (χ4n) is 4.67. The van der Waals surface area contributed by atoms with E-state index in [0.717, 1.165) is 11.1 Å². The van der Waals surface area contributed by atoms with Gasteiger partial charge in [-0.25, -0.2) is 0 Å². The van der Waals surface area contributed by atoms with Gasteiger partial charge in [0.1, 0.15) is 6.07 Å². The van der Waals surface area contributed by atoms with Crippen LogP contribution in [0.5, 0.6) is 0 Å². The molecule has 0 spiro atoms. The summed E-state index contributed by atoms with van der Waals surface area (Å²) in [6, 6.07) is 15.4. The van der Waals surface area contributed by atoms with Gasteiger partial charge in [-0.3, -0.25) is 14.6 Å². The van der Waals surface area contributed by atoms with E-state index < -0.39 is 5.41 Å². The molecule has 1 amide bonds. The molecule has 5 nitrogen and oxygen atoms in total. The molecule has 0 N–H and O–H groups in total. The van der Waals surface area contributed by atoms with Gasteiger partial charge >= 0.3 is 0 Å². The number of Topliss-reactive ketones (excluding diaryl/α,β-unsaturated/α-hetero) is 1. The monoisotopic (exact) mass is 371 g/mol. The highest BCUT2D eigenvalue weighted by atomic mass is 16.2. The Morgan fingerprint density at radius 1 is 1.21 bits per heavy atom. The number of piperidine rings is 1. The van der Waals surface area contributed by atoms with Gasteiger partial charge in [0.05, 0.1) is 11.0 Å². The van der Waals surface area contributed by atoms with Crippen molar-refractivity contribution in [2.75, 3.05) is 6.54 Å². The summed E-state index contributed by atoms with van der Waals surface area (Å²) >= 11 is 0. The Kier molecular flexibility index (Phi) is 4.56. The van der Waals surface area contributed by atoms with E-state index in [0.29, 0.717) is 19.5 Å². The SMILES string of the molecule is C[C@H]1C(=O)C(C#N)=C[C@@]2(c3ccccc3)C(=O)N(Cc3cccnc3)CC[C@H]12. The summed E-state index contributed by atoms with van der Waals surface area (Å²) in [6.07, 6.45) is 5.81. The zero-order chi connectivity index (χ0) is 19.7. The maximum atomic E-state index is 13.8. The van der Waals surface area contributed by atoms with Gasteiger partial charge in [-0.15, -0.1) is 0 Å². The quantitative estimate of drug-likeness (QED) is 0.831. The molecule has 5 heteroatoms. The second-order valence-corrected chi connectivity index (χ2v) is 7.54. The number of carbonyl (C=O) groups is 2. The van der Waals surface area contributed by atoms with Crippen molar-refractivity contribution in [2.45, 2.75) is 25.3 Å². The molecule has 1 aromatic carbocycles. The number of rotatable bonds is 3. The van der Waals surface area contributed by atoms with Crippen LogP contribution >= 0.6 is 0 Å².